The van der Waals surface area contributed by atoms with E-state index in [-0.39, 0.29) is 0 Å². The lowest BCUT2D eigenvalue weighted by atomic mass is 10.0. The summed E-state index contributed by atoms with van der Waals surface area (Å²) in [4.78, 5) is 4.02. The summed E-state index contributed by atoms with van der Waals surface area (Å²) in [5.74, 6) is 0.580. The Balaban J connectivity index is 2.77. The van der Waals surface area contributed by atoms with Crippen LogP contribution >= 0.6 is 0 Å². The number of aromatic nitrogens is 1. The van der Waals surface area contributed by atoms with Crippen molar-refractivity contribution < 1.29 is 0 Å². The fourth-order valence-corrected chi connectivity index (χ4v) is 1.35. The molecule has 3 nitrogen and oxygen atoms in total. The van der Waals surface area contributed by atoms with E-state index in [9.17, 15) is 0 Å². The molecule has 0 aromatic carbocycles. The number of pyridine rings is 1. The quantitative estimate of drug-likeness (QED) is 0.818. The van der Waals surface area contributed by atoms with Gasteiger partial charge in [0.2, 0.25) is 0 Å². The minimum Gasteiger partial charge on any atom is -0.380 e. The SMILES string of the molecule is CCC(C)C(C)Nc1cnccc1C#N. The molecule has 0 aliphatic rings. The highest BCUT2D eigenvalue weighted by atomic mass is 14.9. The van der Waals surface area contributed by atoms with E-state index >= 15 is 0 Å². The Morgan fingerprint density at radius 1 is 1.53 bits per heavy atom. The topological polar surface area (TPSA) is 48.7 Å². The van der Waals surface area contributed by atoms with Crippen LogP contribution in [0.3, 0.4) is 0 Å². The first kappa shape index (κ1) is 11.5. The van der Waals surface area contributed by atoms with E-state index in [1.165, 1.54) is 0 Å². The van der Waals surface area contributed by atoms with Crippen LogP contribution in [0.15, 0.2) is 18.5 Å². The maximum atomic E-state index is 8.91. The number of hydrogen-bond donors (Lipinski definition) is 1. The average molecular weight is 203 g/mol. The third-order valence-electron chi connectivity index (χ3n) is 2.82. The van der Waals surface area contributed by atoms with Crippen molar-refractivity contribution in [3.8, 4) is 6.07 Å². The van der Waals surface area contributed by atoms with E-state index in [4.69, 9.17) is 5.26 Å². The van der Waals surface area contributed by atoms with Crippen molar-refractivity contribution in [3.05, 3.63) is 24.0 Å². The molecule has 0 aliphatic heterocycles. The molecule has 2 unspecified atom stereocenters. The molecule has 1 heterocycles. The van der Waals surface area contributed by atoms with E-state index in [1.54, 1.807) is 18.5 Å². The third-order valence-corrected chi connectivity index (χ3v) is 2.82. The van der Waals surface area contributed by atoms with Crippen molar-refractivity contribution in [2.24, 2.45) is 5.92 Å². The maximum absolute atomic E-state index is 8.91. The monoisotopic (exact) mass is 203 g/mol. The Morgan fingerprint density at radius 2 is 2.27 bits per heavy atom. The Kier molecular flexibility index (Phi) is 4.11. The van der Waals surface area contributed by atoms with Gasteiger partial charge in [-0.05, 0) is 18.9 Å². The van der Waals surface area contributed by atoms with Crippen molar-refractivity contribution in [2.75, 3.05) is 5.32 Å². The van der Waals surface area contributed by atoms with Gasteiger partial charge in [0.25, 0.3) is 0 Å². The molecule has 0 amide bonds. The van der Waals surface area contributed by atoms with Gasteiger partial charge < -0.3 is 5.32 Å². The molecule has 80 valence electrons. The lowest BCUT2D eigenvalue weighted by molar-refractivity contribution is 0.494. The Hall–Kier alpha value is -1.56. The minimum absolute atomic E-state index is 0.353. The summed E-state index contributed by atoms with van der Waals surface area (Å²) in [6, 6.07) is 4.24. The summed E-state index contributed by atoms with van der Waals surface area (Å²) < 4.78 is 0. The Labute approximate surface area is 91.1 Å². The first-order valence-corrected chi connectivity index (χ1v) is 5.29. The molecule has 1 rings (SSSR count). The average Bonchev–Trinajstić information content (AvgIpc) is 2.28. The van der Waals surface area contributed by atoms with Gasteiger partial charge in [0.05, 0.1) is 17.4 Å². The number of nitrogens with one attached hydrogen (secondary N) is 1. The van der Waals surface area contributed by atoms with Crippen molar-refractivity contribution >= 4 is 5.69 Å². The Morgan fingerprint density at radius 3 is 2.87 bits per heavy atom. The summed E-state index contributed by atoms with van der Waals surface area (Å²) in [6.07, 6.45) is 4.46. The van der Waals surface area contributed by atoms with Crippen LogP contribution in [0, 0.1) is 17.2 Å². The second-order valence-electron chi connectivity index (χ2n) is 3.85. The van der Waals surface area contributed by atoms with Crippen LogP contribution in [0.25, 0.3) is 0 Å². The van der Waals surface area contributed by atoms with Crippen LogP contribution in [-0.4, -0.2) is 11.0 Å². The van der Waals surface area contributed by atoms with Gasteiger partial charge in [-0.15, -0.1) is 0 Å². The zero-order valence-electron chi connectivity index (χ0n) is 9.49. The highest BCUT2D eigenvalue weighted by Gasteiger charge is 2.11. The van der Waals surface area contributed by atoms with Crippen LogP contribution < -0.4 is 5.32 Å². The number of nitriles is 1. The lowest BCUT2D eigenvalue weighted by Gasteiger charge is -2.21. The molecule has 0 bridgehead atoms. The molecule has 1 aromatic rings. The number of rotatable bonds is 4. The van der Waals surface area contributed by atoms with E-state index in [1.807, 2.05) is 0 Å². The number of hydrogen-bond acceptors (Lipinski definition) is 3. The highest BCUT2D eigenvalue weighted by Crippen LogP contribution is 2.17. The van der Waals surface area contributed by atoms with Gasteiger partial charge in [0, 0.05) is 12.2 Å². The zero-order chi connectivity index (χ0) is 11.3. The molecule has 15 heavy (non-hydrogen) atoms. The van der Waals surface area contributed by atoms with Crippen molar-refractivity contribution in [1.82, 2.24) is 4.98 Å². The molecule has 1 aromatic heterocycles. The highest BCUT2D eigenvalue weighted by molar-refractivity contribution is 5.55. The van der Waals surface area contributed by atoms with Crippen LogP contribution in [0.1, 0.15) is 32.8 Å². The fraction of sp³-hybridized carbons (Fsp3) is 0.500. The summed E-state index contributed by atoms with van der Waals surface area (Å²) >= 11 is 0. The molecule has 2 atom stereocenters. The van der Waals surface area contributed by atoms with E-state index in [2.05, 4.69) is 37.1 Å². The predicted molar refractivity (Wildman–Crippen MR) is 61.5 cm³/mol. The molecule has 0 radical (unpaired) electrons. The van der Waals surface area contributed by atoms with E-state index in [0.717, 1.165) is 12.1 Å². The molecule has 3 heteroatoms. The van der Waals surface area contributed by atoms with Gasteiger partial charge >= 0.3 is 0 Å². The molecule has 1 N–H and O–H groups in total. The predicted octanol–water partition coefficient (Wildman–Crippen LogP) is 2.80. The van der Waals surface area contributed by atoms with Gasteiger partial charge in [0.1, 0.15) is 6.07 Å². The summed E-state index contributed by atoms with van der Waals surface area (Å²) in [5, 5.41) is 12.2. The first-order chi connectivity index (χ1) is 7.19. The summed E-state index contributed by atoms with van der Waals surface area (Å²) in [5.41, 5.74) is 1.48. The standard InChI is InChI=1S/C12H17N3/c1-4-9(2)10(3)15-12-8-14-6-5-11(12)7-13/h5-6,8-10,15H,4H2,1-3H3. The van der Waals surface area contributed by atoms with Gasteiger partial charge in [-0.25, -0.2) is 0 Å². The van der Waals surface area contributed by atoms with Crippen molar-refractivity contribution in [1.29, 1.82) is 5.26 Å². The molecule has 0 spiro atoms. The van der Waals surface area contributed by atoms with Gasteiger partial charge in [0.15, 0.2) is 0 Å². The minimum atomic E-state index is 0.353. The van der Waals surface area contributed by atoms with Crippen molar-refractivity contribution in [2.45, 2.75) is 33.2 Å². The Bertz CT molecular complexity index is 354. The second-order valence-corrected chi connectivity index (χ2v) is 3.85. The van der Waals surface area contributed by atoms with Crippen LogP contribution in [0.4, 0.5) is 5.69 Å². The third kappa shape index (κ3) is 2.95. The first-order valence-electron chi connectivity index (χ1n) is 5.29. The molecular weight excluding hydrogens is 186 g/mol. The zero-order valence-corrected chi connectivity index (χ0v) is 9.49. The number of nitrogens with zero attached hydrogens (tertiary/aromatic N) is 2. The molecule has 0 saturated carbocycles. The molecule has 0 fully saturated rings. The largest absolute Gasteiger partial charge is 0.380 e. The lowest BCUT2D eigenvalue weighted by Crippen LogP contribution is -2.23. The fourth-order valence-electron chi connectivity index (χ4n) is 1.35. The van der Waals surface area contributed by atoms with E-state index in [0.29, 0.717) is 17.5 Å². The summed E-state index contributed by atoms with van der Waals surface area (Å²) in [7, 11) is 0. The maximum Gasteiger partial charge on any atom is 0.101 e. The number of anilines is 1. The summed E-state index contributed by atoms with van der Waals surface area (Å²) in [6.45, 7) is 6.49. The van der Waals surface area contributed by atoms with Gasteiger partial charge in [-0.1, -0.05) is 20.3 Å². The van der Waals surface area contributed by atoms with E-state index < -0.39 is 0 Å². The molecule has 0 saturated heterocycles. The van der Waals surface area contributed by atoms with Crippen LogP contribution in [-0.2, 0) is 0 Å². The molecular formula is C12H17N3. The van der Waals surface area contributed by atoms with Crippen LogP contribution in [0.2, 0.25) is 0 Å². The van der Waals surface area contributed by atoms with Gasteiger partial charge in [-0.3, -0.25) is 4.98 Å². The smallest absolute Gasteiger partial charge is 0.101 e. The normalized spacial score (nSPS) is 14.0. The van der Waals surface area contributed by atoms with Gasteiger partial charge in [-0.2, -0.15) is 5.26 Å². The second kappa shape index (κ2) is 5.35. The van der Waals surface area contributed by atoms with Crippen molar-refractivity contribution in [3.63, 3.8) is 0 Å². The molecule has 0 aliphatic carbocycles. The van der Waals surface area contributed by atoms with Crippen LogP contribution in [0.5, 0.6) is 0 Å².